The molecule has 1 aromatic carbocycles. The summed E-state index contributed by atoms with van der Waals surface area (Å²) in [6.45, 7) is 5.61. The first kappa shape index (κ1) is 12.5. The van der Waals surface area contributed by atoms with Crippen molar-refractivity contribution in [3.8, 4) is 0 Å². The molecule has 15 heavy (non-hydrogen) atoms. The highest BCUT2D eigenvalue weighted by Crippen LogP contribution is 2.26. The van der Waals surface area contributed by atoms with Gasteiger partial charge in [0.05, 0.1) is 0 Å². The lowest BCUT2D eigenvalue weighted by Gasteiger charge is -2.25. The number of hydrogen-bond acceptors (Lipinski definition) is 1. The van der Waals surface area contributed by atoms with E-state index < -0.39 is 0 Å². The van der Waals surface area contributed by atoms with Crippen molar-refractivity contribution < 1.29 is 0 Å². The zero-order valence-corrected chi connectivity index (χ0v) is 10.4. The number of aryl methyl sites for hydroxylation is 1. The molecular formula is C13H20ClN. The van der Waals surface area contributed by atoms with E-state index in [1.54, 1.807) is 0 Å². The van der Waals surface area contributed by atoms with Crippen LogP contribution in [0.15, 0.2) is 18.2 Å². The van der Waals surface area contributed by atoms with Crippen LogP contribution in [0.2, 0.25) is 0 Å². The molecule has 2 heteroatoms. The van der Waals surface area contributed by atoms with Crippen molar-refractivity contribution in [3.05, 3.63) is 34.9 Å². The Hall–Kier alpha value is -0.530. The van der Waals surface area contributed by atoms with Gasteiger partial charge in [0.25, 0.3) is 0 Å². The van der Waals surface area contributed by atoms with Gasteiger partial charge in [-0.2, -0.15) is 0 Å². The minimum absolute atomic E-state index is 0. The van der Waals surface area contributed by atoms with Crippen molar-refractivity contribution in [3.63, 3.8) is 0 Å². The third-order valence-electron chi connectivity index (χ3n) is 3.33. The third-order valence-corrected chi connectivity index (χ3v) is 3.33. The van der Waals surface area contributed by atoms with Gasteiger partial charge in [-0.25, -0.2) is 0 Å². The number of hydrogen-bond donors (Lipinski definition) is 1. The molecule has 1 saturated heterocycles. The van der Waals surface area contributed by atoms with E-state index in [0.29, 0.717) is 6.04 Å². The van der Waals surface area contributed by atoms with E-state index in [1.165, 1.54) is 42.5 Å². The smallest absolute Gasteiger partial charge is 0.0322 e. The maximum atomic E-state index is 3.60. The van der Waals surface area contributed by atoms with Gasteiger partial charge in [-0.1, -0.05) is 24.6 Å². The van der Waals surface area contributed by atoms with Crippen LogP contribution in [0.5, 0.6) is 0 Å². The summed E-state index contributed by atoms with van der Waals surface area (Å²) in [5.41, 5.74) is 4.38. The number of benzene rings is 1. The van der Waals surface area contributed by atoms with Gasteiger partial charge in [0.1, 0.15) is 0 Å². The monoisotopic (exact) mass is 225 g/mol. The molecule has 1 atom stereocenters. The molecule has 1 heterocycles. The fourth-order valence-electron chi connectivity index (χ4n) is 2.27. The largest absolute Gasteiger partial charge is 0.310 e. The number of piperidine rings is 1. The second kappa shape index (κ2) is 5.53. The summed E-state index contributed by atoms with van der Waals surface area (Å²) in [5.74, 6) is 0. The van der Waals surface area contributed by atoms with E-state index in [9.17, 15) is 0 Å². The molecule has 0 saturated carbocycles. The Kier molecular flexibility index (Phi) is 4.62. The lowest BCUT2D eigenvalue weighted by atomic mass is 9.92. The van der Waals surface area contributed by atoms with Crippen LogP contribution in [-0.2, 0) is 0 Å². The Morgan fingerprint density at radius 1 is 1.20 bits per heavy atom. The van der Waals surface area contributed by atoms with Gasteiger partial charge < -0.3 is 5.32 Å². The molecule has 1 nitrogen and oxygen atoms in total. The molecule has 0 radical (unpaired) electrons. The average molecular weight is 226 g/mol. The quantitative estimate of drug-likeness (QED) is 0.771. The van der Waals surface area contributed by atoms with Crippen LogP contribution in [-0.4, -0.2) is 6.54 Å². The van der Waals surface area contributed by atoms with Crippen molar-refractivity contribution >= 4 is 12.4 Å². The zero-order valence-electron chi connectivity index (χ0n) is 9.55. The molecule has 1 unspecified atom stereocenters. The topological polar surface area (TPSA) is 12.0 Å². The van der Waals surface area contributed by atoms with Crippen molar-refractivity contribution in [1.29, 1.82) is 0 Å². The predicted molar refractivity (Wildman–Crippen MR) is 67.8 cm³/mol. The first-order valence-corrected chi connectivity index (χ1v) is 5.58. The molecule has 0 bridgehead atoms. The van der Waals surface area contributed by atoms with Crippen molar-refractivity contribution in [2.75, 3.05) is 6.54 Å². The number of rotatable bonds is 1. The van der Waals surface area contributed by atoms with Gasteiger partial charge in [0.2, 0.25) is 0 Å². The molecule has 2 rings (SSSR count). The highest BCUT2D eigenvalue weighted by atomic mass is 35.5. The summed E-state index contributed by atoms with van der Waals surface area (Å²) in [4.78, 5) is 0. The Bertz CT molecular complexity index is 316. The fourth-order valence-corrected chi connectivity index (χ4v) is 2.27. The molecule has 1 aliphatic rings. The minimum atomic E-state index is 0. The van der Waals surface area contributed by atoms with Gasteiger partial charge in [0.15, 0.2) is 0 Å². The summed E-state index contributed by atoms with van der Waals surface area (Å²) in [5, 5.41) is 3.60. The predicted octanol–water partition coefficient (Wildman–Crippen LogP) is 3.54. The first-order valence-electron chi connectivity index (χ1n) is 5.58. The molecule has 0 aromatic heterocycles. The lowest BCUT2D eigenvalue weighted by molar-refractivity contribution is 0.411. The normalized spacial score (nSPS) is 20.8. The van der Waals surface area contributed by atoms with Gasteiger partial charge in [-0.15, -0.1) is 12.4 Å². The molecule has 1 aromatic rings. The van der Waals surface area contributed by atoms with Gasteiger partial charge >= 0.3 is 0 Å². The first-order chi connectivity index (χ1) is 6.79. The highest BCUT2D eigenvalue weighted by molar-refractivity contribution is 5.85. The summed E-state index contributed by atoms with van der Waals surface area (Å²) in [6.07, 6.45) is 4.00. The molecule has 0 aliphatic carbocycles. The maximum absolute atomic E-state index is 3.60. The van der Waals surface area contributed by atoms with E-state index >= 15 is 0 Å². The highest BCUT2D eigenvalue weighted by Gasteiger charge is 2.16. The second-order valence-electron chi connectivity index (χ2n) is 4.29. The molecule has 1 aliphatic heterocycles. The van der Waals surface area contributed by atoms with E-state index in [1.807, 2.05) is 0 Å². The molecular weight excluding hydrogens is 206 g/mol. The molecule has 0 amide bonds. The third kappa shape index (κ3) is 2.73. The molecule has 1 N–H and O–H groups in total. The van der Waals surface area contributed by atoms with Crippen molar-refractivity contribution in [1.82, 2.24) is 5.32 Å². The van der Waals surface area contributed by atoms with E-state index in [2.05, 4.69) is 37.4 Å². The summed E-state index contributed by atoms with van der Waals surface area (Å²) in [7, 11) is 0. The van der Waals surface area contributed by atoms with Gasteiger partial charge in [-0.3, -0.25) is 0 Å². The van der Waals surface area contributed by atoms with Crippen molar-refractivity contribution in [2.24, 2.45) is 0 Å². The van der Waals surface area contributed by atoms with Gasteiger partial charge in [0, 0.05) is 6.04 Å². The van der Waals surface area contributed by atoms with E-state index in [0.717, 1.165) is 0 Å². The maximum Gasteiger partial charge on any atom is 0.0322 e. The van der Waals surface area contributed by atoms with E-state index in [4.69, 9.17) is 0 Å². The Morgan fingerprint density at radius 2 is 2.00 bits per heavy atom. The van der Waals surface area contributed by atoms with Gasteiger partial charge in [-0.05, 0) is 49.9 Å². The van der Waals surface area contributed by atoms with E-state index in [-0.39, 0.29) is 12.4 Å². The Labute approximate surface area is 98.7 Å². The summed E-state index contributed by atoms with van der Waals surface area (Å²) < 4.78 is 0. The molecule has 84 valence electrons. The Morgan fingerprint density at radius 3 is 2.67 bits per heavy atom. The SMILES string of the molecule is Cc1cccc(C2CCCCN2)c1C.Cl. The number of halogens is 1. The molecule has 1 fully saturated rings. The second-order valence-corrected chi connectivity index (χ2v) is 4.29. The average Bonchev–Trinajstić information content (AvgIpc) is 2.23. The summed E-state index contributed by atoms with van der Waals surface area (Å²) in [6, 6.07) is 7.24. The van der Waals surface area contributed by atoms with Crippen LogP contribution in [0.4, 0.5) is 0 Å². The lowest BCUT2D eigenvalue weighted by Crippen LogP contribution is -2.27. The van der Waals surface area contributed by atoms with Crippen LogP contribution >= 0.6 is 12.4 Å². The zero-order chi connectivity index (χ0) is 9.97. The van der Waals surface area contributed by atoms with Crippen LogP contribution in [0.25, 0.3) is 0 Å². The van der Waals surface area contributed by atoms with Crippen LogP contribution in [0, 0.1) is 13.8 Å². The van der Waals surface area contributed by atoms with Crippen LogP contribution in [0.1, 0.15) is 42.0 Å². The standard InChI is InChI=1S/C13H19N.ClH/c1-10-6-5-7-12(11(10)2)13-8-3-4-9-14-13;/h5-7,13-14H,3-4,8-9H2,1-2H3;1H. The summed E-state index contributed by atoms with van der Waals surface area (Å²) >= 11 is 0. The minimum Gasteiger partial charge on any atom is -0.310 e. The molecule has 0 spiro atoms. The number of nitrogens with one attached hydrogen (secondary N) is 1. The Balaban J connectivity index is 0.00000112. The van der Waals surface area contributed by atoms with Crippen LogP contribution in [0.3, 0.4) is 0 Å². The van der Waals surface area contributed by atoms with Crippen molar-refractivity contribution in [2.45, 2.75) is 39.2 Å². The van der Waals surface area contributed by atoms with Crippen LogP contribution < -0.4 is 5.32 Å². The fraction of sp³-hybridized carbons (Fsp3) is 0.538.